The van der Waals surface area contributed by atoms with E-state index in [-0.39, 0.29) is 0 Å². The number of rotatable bonds is 5. The van der Waals surface area contributed by atoms with E-state index >= 15 is 0 Å². The molecule has 6 rings (SSSR count). The van der Waals surface area contributed by atoms with Crippen molar-refractivity contribution in [1.82, 2.24) is 0 Å². The van der Waals surface area contributed by atoms with Crippen LogP contribution in [0.4, 0.5) is 11.4 Å². The molecule has 36 heavy (non-hydrogen) atoms. The normalized spacial score (nSPS) is 11.7. The number of aliphatic imine (C=N–C) groups is 2. The Balaban J connectivity index is 1.18. The molecule has 0 heterocycles. The maximum Gasteiger partial charge on any atom is 0.0630 e. The second-order valence-electron chi connectivity index (χ2n) is 8.75. The van der Waals surface area contributed by atoms with Gasteiger partial charge in [0.05, 0.1) is 11.4 Å². The topological polar surface area (TPSA) is 24.7 Å². The van der Waals surface area contributed by atoms with E-state index in [4.69, 9.17) is 9.98 Å². The molecule has 170 valence electrons. The van der Waals surface area contributed by atoms with Gasteiger partial charge in [0, 0.05) is 23.6 Å². The number of nitrogens with zero attached hydrogens (tertiary/aromatic N) is 2. The van der Waals surface area contributed by atoms with Crippen molar-refractivity contribution >= 4 is 45.3 Å². The zero-order valence-corrected chi connectivity index (χ0v) is 19.8. The summed E-state index contributed by atoms with van der Waals surface area (Å²) in [5.74, 6) is 0. The molecular formula is C34H24N2. The Morgan fingerprint density at radius 1 is 0.361 bits per heavy atom. The molecule has 0 N–H and O–H groups in total. The van der Waals surface area contributed by atoms with E-state index in [1.54, 1.807) is 0 Å². The van der Waals surface area contributed by atoms with Crippen molar-refractivity contribution in [2.24, 2.45) is 9.98 Å². The van der Waals surface area contributed by atoms with Gasteiger partial charge in [-0.3, -0.25) is 9.98 Å². The summed E-state index contributed by atoms with van der Waals surface area (Å²) in [4.78, 5) is 9.41. The van der Waals surface area contributed by atoms with Crippen molar-refractivity contribution in [2.75, 3.05) is 0 Å². The van der Waals surface area contributed by atoms with Crippen LogP contribution < -0.4 is 0 Å². The van der Waals surface area contributed by atoms with Gasteiger partial charge in [-0.2, -0.15) is 0 Å². The second-order valence-corrected chi connectivity index (χ2v) is 8.75. The molecule has 2 nitrogen and oxygen atoms in total. The highest BCUT2D eigenvalue weighted by atomic mass is 14.7. The molecule has 2 heteroatoms. The molecule has 0 saturated heterocycles. The minimum Gasteiger partial charge on any atom is -0.256 e. The molecule has 0 saturated carbocycles. The maximum absolute atomic E-state index is 4.71. The van der Waals surface area contributed by atoms with E-state index in [1.807, 2.05) is 12.4 Å². The van der Waals surface area contributed by atoms with Crippen LogP contribution in [0.2, 0.25) is 0 Å². The first-order valence-electron chi connectivity index (χ1n) is 12.1. The quantitative estimate of drug-likeness (QED) is 0.229. The van der Waals surface area contributed by atoms with Gasteiger partial charge in [0.15, 0.2) is 0 Å². The second kappa shape index (κ2) is 9.81. The van der Waals surface area contributed by atoms with Crippen molar-refractivity contribution in [1.29, 1.82) is 0 Å². The zero-order chi connectivity index (χ0) is 24.2. The zero-order valence-electron chi connectivity index (χ0n) is 19.8. The summed E-state index contributed by atoms with van der Waals surface area (Å²) in [5.41, 5.74) is 6.42. The fourth-order valence-corrected chi connectivity index (χ4v) is 4.49. The summed E-state index contributed by atoms with van der Waals surface area (Å²) in [6.07, 6.45) is 3.89. The van der Waals surface area contributed by atoms with Crippen LogP contribution in [0.5, 0.6) is 0 Å². The Kier molecular flexibility index (Phi) is 5.91. The number of hydrogen-bond donors (Lipinski definition) is 0. The van der Waals surface area contributed by atoms with Crippen molar-refractivity contribution in [3.63, 3.8) is 0 Å². The van der Waals surface area contributed by atoms with Gasteiger partial charge in [-0.1, -0.05) is 109 Å². The predicted molar refractivity (Wildman–Crippen MR) is 154 cm³/mol. The third-order valence-electron chi connectivity index (χ3n) is 6.42. The number of fused-ring (bicyclic) bond motifs is 2. The largest absolute Gasteiger partial charge is 0.256 e. The van der Waals surface area contributed by atoms with Gasteiger partial charge in [0.25, 0.3) is 0 Å². The molecule has 6 aromatic carbocycles. The van der Waals surface area contributed by atoms with E-state index in [2.05, 4.69) is 133 Å². The van der Waals surface area contributed by atoms with Crippen LogP contribution >= 0.6 is 0 Å². The molecule has 0 unspecified atom stereocenters. The summed E-state index contributed by atoms with van der Waals surface area (Å²) in [6, 6.07) is 46.1. The highest BCUT2D eigenvalue weighted by molar-refractivity contribution is 6.01. The lowest BCUT2D eigenvalue weighted by atomic mass is 10.0. The van der Waals surface area contributed by atoms with Gasteiger partial charge in [0.2, 0.25) is 0 Å². The molecule has 0 spiro atoms. The first-order valence-corrected chi connectivity index (χ1v) is 12.1. The van der Waals surface area contributed by atoms with Gasteiger partial charge < -0.3 is 0 Å². The summed E-state index contributed by atoms with van der Waals surface area (Å²) in [7, 11) is 0. The first kappa shape index (κ1) is 21.7. The molecule has 0 atom stereocenters. The average Bonchev–Trinajstić information content (AvgIpc) is 2.95. The van der Waals surface area contributed by atoms with E-state index in [9.17, 15) is 0 Å². The molecular weight excluding hydrogens is 436 g/mol. The summed E-state index contributed by atoms with van der Waals surface area (Å²) >= 11 is 0. The SMILES string of the molecule is C(=Nc1ccc(-c2ccc(N=Cc3cccc4ccccc34)cc2)cc1)c1cccc2ccccc12. The smallest absolute Gasteiger partial charge is 0.0630 e. The first-order chi connectivity index (χ1) is 17.8. The molecule has 0 aliphatic heterocycles. The fraction of sp³-hybridized carbons (Fsp3) is 0. The van der Waals surface area contributed by atoms with Gasteiger partial charge in [-0.15, -0.1) is 0 Å². The Bertz CT molecular complexity index is 1570. The monoisotopic (exact) mass is 460 g/mol. The Hall–Kier alpha value is -4.82. The molecule has 0 fully saturated rings. The fourth-order valence-electron chi connectivity index (χ4n) is 4.49. The molecule has 0 radical (unpaired) electrons. The number of benzene rings is 6. The Labute approximate surface area is 210 Å². The summed E-state index contributed by atoms with van der Waals surface area (Å²) in [5, 5.41) is 4.87. The minimum atomic E-state index is 0.933. The van der Waals surface area contributed by atoms with Gasteiger partial charge in [0.1, 0.15) is 0 Å². The minimum absolute atomic E-state index is 0.933. The van der Waals surface area contributed by atoms with Crippen LogP contribution in [-0.4, -0.2) is 12.4 Å². The standard InChI is InChI=1S/C34H24N2/c1-3-13-33-27(7-1)9-5-11-29(33)23-35-31-19-15-25(16-20-31)26-17-21-32(22-18-26)36-24-30-12-6-10-28-8-2-4-14-34(28)30/h1-24H. The van der Waals surface area contributed by atoms with E-state index in [0.717, 1.165) is 33.6 Å². The summed E-state index contributed by atoms with van der Waals surface area (Å²) < 4.78 is 0. The Morgan fingerprint density at radius 2 is 0.750 bits per heavy atom. The lowest BCUT2D eigenvalue weighted by Gasteiger charge is -2.04. The molecule has 0 aliphatic rings. The van der Waals surface area contributed by atoms with E-state index < -0.39 is 0 Å². The van der Waals surface area contributed by atoms with Gasteiger partial charge >= 0.3 is 0 Å². The van der Waals surface area contributed by atoms with Crippen molar-refractivity contribution in [3.8, 4) is 11.1 Å². The molecule has 0 amide bonds. The van der Waals surface area contributed by atoms with Crippen molar-refractivity contribution in [3.05, 3.63) is 145 Å². The highest BCUT2D eigenvalue weighted by Crippen LogP contribution is 2.26. The molecule has 0 aromatic heterocycles. The molecule has 0 bridgehead atoms. The van der Waals surface area contributed by atoms with Crippen LogP contribution in [0.1, 0.15) is 11.1 Å². The Morgan fingerprint density at radius 3 is 1.19 bits per heavy atom. The lowest BCUT2D eigenvalue weighted by Crippen LogP contribution is -1.84. The average molecular weight is 461 g/mol. The highest BCUT2D eigenvalue weighted by Gasteiger charge is 2.01. The van der Waals surface area contributed by atoms with Crippen LogP contribution in [-0.2, 0) is 0 Å². The number of hydrogen-bond acceptors (Lipinski definition) is 2. The van der Waals surface area contributed by atoms with E-state index in [1.165, 1.54) is 21.5 Å². The predicted octanol–water partition coefficient (Wildman–Crippen LogP) is 9.16. The molecule has 6 aromatic rings. The molecule has 0 aliphatic carbocycles. The van der Waals surface area contributed by atoms with E-state index in [0.29, 0.717) is 0 Å². The van der Waals surface area contributed by atoms with Crippen molar-refractivity contribution in [2.45, 2.75) is 0 Å². The van der Waals surface area contributed by atoms with Crippen LogP contribution in [0.3, 0.4) is 0 Å². The van der Waals surface area contributed by atoms with Crippen molar-refractivity contribution < 1.29 is 0 Å². The van der Waals surface area contributed by atoms with Gasteiger partial charge in [-0.25, -0.2) is 0 Å². The lowest BCUT2D eigenvalue weighted by molar-refractivity contribution is 1.50. The maximum atomic E-state index is 4.71. The van der Waals surface area contributed by atoms with Crippen LogP contribution in [0.25, 0.3) is 32.7 Å². The third kappa shape index (κ3) is 4.57. The third-order valence-corrected chi connectivity index (χ3v) is 6.42. The van der Waals surface area contributed by atoms with Gasteiger partial charge in [-0.05, 0) is 56.9 Å². The van der Waals surface area contributed by atoms with Crippen LogP contribution in [0, 0.1) is 0 Å². The van der Waals surface area contributed by atoms with Crippen LogP contribution in [0.15, 0.2) is 143 Å². The summed E-state index contributed by atoms with van der Waals surface area (Å²) in [6.45, 7) is 0.